The van der Waals surface area contributed by atoms with Crippen LogP contribution in [-0.2, 0) is 27.1 Å². The van der Waals surface area contributed by atoms with Gasteiger partial charge in [0.1, 0.15) is 11.4 Å². The quantitative estimate of drug-likeness (QED) is 0.449. The number of likely N-dealkylation sites (tertiary alicyclic amines) is 2. The number of carbonyl (C=O) groups is 4. The number of aromatic nitrogens is 1. The van der Waals surface area contributed by atoms with Crippen molar-refractivity contribution in [1.29, 1.82) is 0 Å². The van der Waals surface area contributed by atoms with Crippen LogP contribution in [0.5, 0.6) is 0 Å². The molecular weight excluding hydrogens is 664 g/mol. The molecule has 14 heteroatoms. The van der Waals surface area contributed by atoms with E-state index in [0.29, 0.717) is 70.5 Å². The van der Waals surface area contributed by atoms with Crippen molar-refractivity contribution in [2.75, 3.05) is 70.0 Å². The normalized spacial score (nSPS) is 20.1. The zero-order chi connectivity index (χ0) is 37.0. The first-order chi connectivity index (χ1) is 24.8. The molecule has 1 aromatic heterocycles. The number of aryl methyl sites for hydroxylation is 1. The Labute approximate surface area is 306 Å². The number of piperidine rings is 2. The standard InChI is InChI=1S/C38H54N8O6/c1-26-23-27(25-40-33(26)39)24-32(34(47)43-14-10-29(11-15-43)42-19-21-45(22-20-42)37(50)52-38(2,3)4)51-36(49)44-16-12-30(13-17-44)46-18-9-28-7-5-6-8-31(28)41-35(46)48/h5-8,23,25,29-30,32H,9-22,24H2,1-4H3,(H2,39,40)(H,41,48)/t32-/m1/s1. The summed E-state index contributed by atoms with van der Waals surface area (Å²) in [5, 5.41) is 3.04. The second kappa shape index (κ2) is 16.0. The Morgan fingerprint density at radius 1 is 0.885 bits per heavy atom. The molecule has 1 aromatic carbocycles. The maximum atomic E-state index is 14.1. The van der Waals surface area contributed by atoms with Crippen LogP contribution < -0.4 is 11.1 Å². The number of rotatable bonds is 6. The van der Waals surface area contributed by atoms with E-state index in [9.17, 15) is 19.2 Å². The van der Waals surface area contributed by atoms with Crippen LogP contribution in [0.15, 0.2) is 36.5 Å². The lowest BCUT2D eigenvalue weighted by molar-refractivity contribution is -0.142. The Hall–Kier alpha value is -4.59. The number of nitrogen functional groups attached to an aromatic ring is 1. The Balaban J connectivity index is 1.03. The molecule has 1 atom stereocenters. The minimum Gasteiger partial charge on any atom is -0.444 e. The van der Waals surface area contributed by atoms with Crippen LogP contribution >= 0.6 is 0 Å². The van der Waals surface area contributed by atoms with E-state index in [1.807, 2.05) is 67.8 Å². The van der Waals surface area contributed by atoms with Gasteiger partial charge in [0.15, 0.2) is 6.10 Å². The number of para-hydroxylation sites is 1. The number of nitrogens with zero attached hydrogens (tertiary/aromatic N) is 6. The Kier molecular flexibility index (Phi) is 11.4. The van der Waals surface area contributed by atoms with Crippen LogP contribution in [0.3, 0.4) is 0 Å². The maximum Gasteiger partial charge on any atom is 0.410 e. The van der Waals surface area contributed by atoms with E-state index in [2.05, 4.69) is 15.2 Å². The van der Waals surface area contributed by atoms with Crippen molar-refractivity contribution >= 4 is 35.6 Å². The summed E-state index contributed by atoms with van der Waals surface area (Å²) < 4.78 is 11.6. The first-order valence-corrected chi connectivity index (χ1v) is 18.7. The lowest BCUT2D eigenvalue weighted by Crippen LogP contribution is -2.56. The first-order valence-electron chi connectivity index (χ1n) is 18.7. The molecule has 282 valence electrons. The summed E-state index contributed by atoms with van der Waals surface area (Å²) in [6.07, 6.45) is 3.61. The molecule has 0 radical (unpaired) electrons. The second-order valence-corrected chi connectivity index (χ2v) is 15.4. The molecule has 2 aromatic rings. The summed E-state index contributed by atoms with van der Waals surface area (Å²) in [5.41, 5.74) is 8.96. The van der Waals surface area contributed by atoms with Gasteiger partial charge >= 0.3 is 18.2 Å². The predicted molar refractivity (Wildman–Crippen MR) is 197 cm³/mol. The third-order valence-electron chi connectivity index (χ3n) is 10.7. The molecule has 0 unspecified atom stereocenters. The van der Waals surface area contributed by atoms with Gasteiger partial charge in [-0.3, -0.25) is 9.69 Å². The van der Waals surface area contributed by atoms with Crippen molar-refractivity contribution in [2.24, 2.45) is 0 Å². The monoisotopic (exact) mass is 718 g/mol. The summed E-state index contributed by atoms with van der Waals surface area (Å²) in [7, 11) is 0. The van der Waals surface area contributed by atoms with E-state index in [0.717, 1.165) is 54.7 Å². The van der Waals surface area contributed by atoms with E-state index < -0.39 is 17.8 Å². The molecule has 4 aliphatic heterocycles. The highest BCUT2D eigenvalue weighted by molar-refractivity contribution is 5.91. The molecule has 0 aliphatic carbocycles. The Bertz CT molecular complexity index is 1610. The van der Waals surface area contributed by atoms with E-state index in [1.165, 1.54) is 0 Å². The molecule has 6 rings (SSSR count). The van der Waals surface area contributed by atoms with E-state index in [4.69, 9.17) is 15.2 Å². The van der Waals surface area contributed by atoms with Gasteiger partial charge in [0.25, 0.3) is 5.91 Å². The molecule has 0 spiro atoms. The van der Waals surface area contributed by atoms with Gasteiger partial charge in [0.2, 0.25) is 0 Å². The number of ether oxygens (including phenoxy) is 2. The van der Waals surface area contributed by atoms with Crippen molar-refractivity contribution < 1.29 is 28.7 Å². The number of urea groups is 1. The van der Waals surface area contributed by atoms with Crippen LogP contribution in [0, 0.1) is 6.92 Å². The topological polar surface area (TPSA) is 154 Å². The zero-order valence-electron chi connectivity index (χ0n) is 31.0. The molecule has 3 N–H and O–H groups in total. The van der Waals surface area contributed by atoms with Gasteiger partial charge < -0.3 is 40.1 Å². The Morgan fingerprint density at radius 3 is 2.19 bits per heavy atom. The molecule has 3 saturated heterocycles. The highest BCUT2D eigenvalue weighted by Gasteiger charge is 2.37. The molecular formula is C38H54N8O6. The molecule has 5 amide bonds. The summed E-state index contributed by atoms with van der Waals surface area (Å²) in [6.45, 7) is 12.8. The number of piperazine rings is 1. The van der Waals surface area contributed by atoms with Gasteiger partial charge in [-0.1, -0.05) is 24.3 Å². The number of nitrogens with one attached hydrogen (secondary N) is 1. The number of nitrogens with two attached hydrogens (primary N) is 1. The second-order valence-electron chi connectivity index (χ2n) is 15.4. The molecule has 52 heavy (non-hydrogen) atoms. The van der Waals surface area contributed by atoms with E-state index in [1.54, 1.807) is 16.0 Å². The minimum atomic E-state index is -1.01. The van der Waals surface area contributed by atoms with Gasteiger partial charge in [-0.2, -0.15) is 0 Å². The highest BCUT2D eigenvalue weighted by Crippen LogP contribution is 2.26. The number of hydrogen-bond donors (Lipinski definition) is 2. The average molecular weight is 719 g/mol. The van der Waals surface area contributed by atoms with Crippen molar-refractivity contribution in [3.05, 3.63) is 53.2 Å². The van der Waals surface area contributed by atoms with Crippen LogP contribution in [0.1, 0.15) is 63.1 Å². The summed E-state index contributed by atoms with van der Waals surface area (Å²) in [6, 6.07) is 9.94. The number of hydrogen-bond acceptors (Lipinski definition) is 9. The van der Waals surface area contributed by atoms with E-state index >= 15 is 0 Å². The number of fused-ring (bicyclic) bond motifs is 1. The fraction of sp³-hybridized carbons (Fsp3) is 0.605. The van der Waals surface area contributed by atoms with Crippen molar-refractivity contribution in [2.45, 2.75) is 90.0 Å². The number of carbonyl (C=O) groups excluding carboxylic acids is 4. The van der Waals surface area contributed by atoms with Crippen molar-refractivity contribution in [1.82, 2.24) is 29.5 Å². The molecule has 5 heterocycles. The van der Waals surface area contributed by atoms with E-state index in [-0.39, 0.29) is 30.5 Å². The Morgan fingerprint density at radius 2 is 1.52 bits per heavy atom. The smallest absolute Gasteiger partial charge is 0.410 e. The molecule has 0 saturated carbocycles. The summed E-state index contributed by atoms with van der Waals surface area (Å²) in [5.74, 6) is 0.203. The first kappa shape index (κ1) is 37.2. The van der Waals surface area contributed by atoms with Crippen LogP contribution in [0.2, 0.25) is 0 Å². The van der Waals surface area contributed by atoms with Crippen LogP contribution in [-0.4, -0.2) is 136 Å². The molecule has 4 aliphatic rings. The average Bonchev–Trinajstić information content (AvgIpc) is 3.30. The van der Waals surface area contributed by atoms with Crippen molar-refractivity contribution in [3.63, 3.8) is 0 Å². The largest absolute Gasteiger partial charge is 0.444 e. The number of anilines is 2. The number of amides is 5. The summed E-state index contributed by atoms with van der Waals surface area (Å²) >= 11 is 0. The van der Waals surface area contributed by atoms with Gasteiger partial charge in [-0.15, -0.1) is 0 Å². The molecule has 0 bridgehead atoms. The SMILES string of the molecule is Cc1cc(C[C@@H](OC(=O)N2CCC(N3CCc4ccccc4NC3=O)CC2)C(=O)N2CCC(N3CCN(C(=O)OC(C)(C)C)CC3)CC2)cnc1N. The molecule has 3 fully saturated rings. The third-order valence-corrected chi connectivity index (χ3v) is 10.7. The highest BCUT2D eigenvalue weighted by atomic mass is 16.6. The lowest BCUT2D eigenvalue weighted by Gasteiger charge is -2.43. The van der Waals surface area contributed by atoms with Crippen LogP contribution in [0.25, 0.3) is 0 Å². The van der Waals surface area contributed by atoms with Gasteiger partial charge in [-0.05, 0) is 82.6 Å². The van der Waals surface area contributed by atoms with Gasteiger partial charge in [-0.25, -0.2) is 19.4 Å². The third kappa shape index (κ3) is 9.06. The van der Waals surface area contributed by atoms with Gasteiger partial charge in [0.05, 0.1) is 0 Å². The lowest BCUT2D eigenvalue weighted by atomic mass is 10.0. The fourth-order valence-electron chi connectivity index (χ4n) is 7.69. The maximum absolute atomic E-state index is 14.1. The minimum absolute atomic E-state index is 0.00111. The number of pyridine rings is 1. The van der Waals surface area contributed by atoms with Crippen molar-refractivity contribution in [3.8, 4) is 0 Å². The zero-order valence-corrected chi connectivity index (χ0v) is 31.0. The van der Waals surface area contributed by atoms with Crippen LogP contribution in [0.4, 0.5) is 25.9 Å². The predicted octanol–water partition coefficient (Wildman–Crippen LogP) is 4.12. The molecule has 14 nitrogen and oxygen atoms in total. The number of benzene rings is 1. The fourth-order valence-corrected chi connectivity index (χ4v) is 7.69. The summed E-state index contributed by atoms with van der Waals surface area (Å²) in [4.78, 5) is 67.1. The van der Waals surface area contributed by atoms with Gasteiger partial charge in [0, 0.05) is 89.3 Å².